The Morgan fingerprint density at radius 2 is 1.73 bits per heavy atom. The molecule has 0 spiro atoms. The van der Waals surface area contributed by atoms with Crippen LogP contribution in [0.4, 0.5) is 14.5 Å². The molecule has 0 radical (unpaired) electrons. The van der Waals surface area contributed by atoms with Gasteiger partial charge in [-0.25, -0.2) is 8.78 Å². The van der Waals surface area contributed by atoms with E-state index in [1.165, 1.54) is 0 Å². The third-order valence-electron chi connectivity index (χ3n) is 2.81. The van der Waals surface area contributed by atoms with Gasteiger partial charge >= 0.3 is 0 Å². The topological polar surface area (TPSA) is 29.3 Å². The molecule has 0 saturated heterocycles. The van der Waals surface area contributed by atoms with E-state index in [-0.39, 0.29) is 5.69 Å². The minimum Gasteiger partial charge on any atom is -0.375 e. The quantitative estimate of drug-likeness (QED) is 0.812. The summed E-state index contributed by atoms with van der Waals surface area (Å²) in [5.74, 6) is -0.840. The molecule has 1 aliphatic carbocycles. The molecule has 4 heteroatoms. The van der Waals surface area contributed by atoms with Crippen LogP contribution in [0.1, 0.15) is 18.4 Å². The molecule has 82 valence electrons. The molecule has 0 aliphatic heterocycles. The van der Waals surface area contributed by atoms with Crippen molar-refractivity contribution in [2.75, 3.05) is 19.0 Å². The van der Waals surface area contributed by atoms with Gasteiger partial charge in [0, 0.05) is 25.2 Å². The Balaban J connectivity index is 2.64. The smallest absolute Gasteiger partial charge is 0.147 e. The molecular weight excluding hydrogens is 198 g/mol. The lowest BCUT2D eigenvalue weighted by molar-refractivity contribution is 0.558. The molecule has 0 aromatic heterocycles. The van der Waals surface area contributed by atoms with Gasteiger partial charge < -0.3 is 10.6 Å². The van der Waals surface area contributed by atoms with Gasteiger partial charge in [0.15, 0.2) is 0 Å². The number of rotatable bonds is 2. The van der Waals surface area contributed by atoms with Crippen LogP contribution in [0.25, 0.3) is 0 Å². The van der Waals surface area contributed by atoms with Gasteiger partial charge in [-0.15, -0.1) is 0 Å². The Labute approximate surface area is 87.7 Å². The Morgan fingerprint density at radius 1 is 1.20 bits per heavy atom. The summed E-state index contributed by atoms with van der Waals surface area (Å²) in [4.78, 5) is 1.57. The van der Waals surface area contributed by atoms with Crippen molar-refractivity contribution in [2.24, 2.45) is 5.73 Å². The number of anilines is 1. The summed E-state index contributed by atoms with van der Waals surface area (Å²) >= 11 is 0. The minimum atomic E-state index is -0.661. The number of hydrogen-bond donors (Lipinski definition) is 1. The van der Waals surface area contributed by atoms with Crippen molar-refractivity contribution in [3.8, 4) is 0 Å². The second kappa shape index (κ2) is 3.17. The van der Waals surface area contributed by atoms with Gasteiger partial charge in [-0.2, -0.15) is 0 Å². The molecule has 0 amide bonds. The highest BCUT2D eigenvalue weighted by Crippen LogP contribution is 2.48. The Morgan fingerprint density at radius 3 is 2.20 bits per heavy atom. The van der Waals surface area contributed by atoms with Gasteiger partial charge in [-0.1, -0.05) is 0 Å². The molecule has 2 N–H and O–H groups in total. The molecular formula is C11H14F2N2. The van der Waals surface area contributed by atoms with E-state index in [1.807, 2.05) is 0 Å². The normalized spacial score (nSPS) is 17.7. The van der Waals surface area contributed by atoms with Gasteiger partial charge in [0.25, 0.3) is 0 Å². The largest absolute Gasteiger partial charge is 0.375 e. The van der Waals surface area contributed by atoms with Crippen molar-refractivity contribution < 1.29 is 8.78 Å². The van der Waals surface area contributed by atoms with E-state index in [9.17, 15) is 8.78 Å². The fourth-order valence-electron chi connectivity index (χ4n) is 1.84. The number of halogens is 2. The predicted molar refractivity (Wildman–Crippen MR) is 55.8 cm³/mol. The standard InChI is InChI=1S/C11H14F2N2/c1-15(2)10-8(13)4-3-7(12)9(10)11(14)5-6-11/h3-4H,5-6,14H2,1-2H3. The average Bonchev–Trinajstić information content (AvgIpc) is 2.88. The second-order valence-corrected chi connectivity index (χ2v) is 4.30. The van der Waals surface area contributed by atoms with Gasteiger partial charge in [0.1, 0.15) is 11.6 Å². The SMILES string of the molecule is CN(C)c1c(F)ccc(F)c1C1(N)CC1. The molecule has 1 aliphatic rings. The number of nitrogens with zero attached hydrogens (tertiary/aromatic N) is 1. The third-order valence-corrected chi connectivity index (χ3v) is 2.81. The Bertz CT molecular complexity index is 398. The van der Waals surface area contributed by atoms with Crippen LogP contribution >= 0.6 is 0 Å². The first-order valence-corrected chi connectivity index (χ1v) is 4.90. The molecule has 2 rings (SSSR count). The Kier molecular flexibility index (Phi) is 2.19. The van der Waals surface area contributed by atoms with E-state index in [1.54, 1.807) is 19.0 Å². The predicted octanol–water partition coefficient (Wildman–Crippen LogP) is 1.98. The number of hydrogen-bond acceptors (Lipinski definition) is 2. The van der Waals surface area contributed by atoms with Crippen molar-refractivity contribution in [3.05, 3.63) is 29.3 Å². The molecule has 1 saturated carbocycles. The lowest BCUT2D eigenvalue weighted by atomic mass is 10.0. The fourth-order valence-corrected chi connectivity index (χ4v) is 1.84. The highest BCUT2D eigenvalue weighted by atomic mass is 19.1. The van der Waals surface area contributed by atoms with Gasteiger partial charge in [-0.3, -0.25) is 0 Å². The summed E-state index contributed by atoms with van der Waals surface area (Å²) in [6.07, 6.45) is 1.43. The van der Waals surface area contributed by atoms with E-state index in [0.29, 0.717) is 18.4 Å². The zero-order chi connectivity index (χ0) is 11.2. The third kappa shape index (κ3) is 1.59. The summed E-state index contributed by atoms with van der Waals surface area (Å²) in [5.41, 5.74) is 5.87. The number of benzene rings is 1. The molecule has 1 aromatic carbocycles. The van der Waals surface area contributed by atoms with Crippen LogP contribution < -0.4 is 10.6 Å². The molecule has 0 bridgehead atoms. The minimum absolute atomic E-state index is 0.273. The molecule has 15 heavy (non-hydrogen) atoms. The summed E-state index contributed by atoms with van der Waals surface area (Å²) in [5, 5.41) is 0. The van der Waals surface area contributed by atoms with Crippen LogP contribution in [0.2, 0.25) is 0 Å². The van der Waals surface area contributed by atoms with Gasteiger partial charge in [0.2, 0.25) is 0 Å². The summed E-state index contributed by atoms with van der Waals surface area (Å²) in [6.45, 7) is 0. The zero-order valence-electron chi connectivity index (χ0n) is 8.85. The van der Waals surface area contributed by atoms with Gasteiger partial charge in [-0.05, 0) is 25.0 Å². The van der Waals surface area contributed by atoms with E-state index in [0.717, 1.165) is 12.1 Å². The first-order valence-electron chi connectivity index (χ1n) is 4.90. The molecule has 0 heterocycles. The molecule has 0 atom stereocenters. The van der Waals surface area contributed by atoms with Crippen LogP contribution in [-0.4, -0.2) is 14.1 Å². The first-order chi connectivity index (χ1) is 6.96. The van der Waals surface area contributed by atoms with E-state index in [2.05, 4.69) is 0 Å². The van der Waals surface area contributed by atoms with Crippen molar-refractivity contribution in [1.82, 2.24) is 0 Å². The summed E-state index contributed by atoms with van der Waals surface area (Å²) < 4.78 is 27.2. The summed E-state index contributed by atoms with van der Waals surface area (Å²) in [6, 6.07) is 2.28. The lowest BCUT2D eigenvalue weighted by Crippen LogP contribution is -2.25. The molecule has 1 aromatic rings. The van der Waals surface area contributed by atoms with Crippen molar-refractivity contribution in [3.63, 3.8) is 0 Å². The maximum absolute atomic E-state index is 13.7. The zero-order valence-corrected chi connectivity index (χ0v) is 8.85. The van der Waals surface area contributed by atoms with Crippen LogP contribution in [0, 0.1) is 11.6 Å². The first kappa shape index (κ1) is 10.4. The van der Waals surface area contributed by atoms with E-state index in [4.69, 9.17) is 5.73 Å². The maximum atomic E-state index is 13.7. The van der Waals surface area contributed by atoms with Crippen LogP contribution in [-0.2, 0) is 5.54 Å². The van der Waals surface area contributed by atoms with Crippen LogP contribution in [0.3, 0.4) is 0 Å². The highest BCUT2D eigenvalue weighted by molar-refractivity contribution is 5.58. The monoisotopic (exact) mass is 212 g/mol. The van der Waals surface area contributed by atoms with E-state index < -0.39 is 17.2 Å². The van der Waals surface area contributed by atoms with Crippen molar-refractivity contribution >= 4 is 5.69 Å². The highest BCUT2D eigenvalue weighted by Gasteiger charge is 2.44. The second-order valence-electron chi connectivity index (χ2n) is 4.30. The van der Waals surface area contributed by atoms with Crippen LogP contribution in [0.5, 0.6) is 0 Å². The maximum Gasteiger partial charge on any atom is 0.147 e. The van der Waals surface area contributed by atoms with E-state index >= 15 is 0 Å². The number of nitrogens with two attached hydrogens (primary N) is 1. The Hall–Kier alpha value is -1.16. The van der Waals surface area contributed by atoms with Crippen molar-refractivity contribution in [2.45, 2.75) is 18.4 Å². The summed E-state index contributed by atoms with van der Waals surface area (Å²) in [7, 11) is 3.38. The average molecular weight is 212 g/mol. The molecule has 1 fully saturated rings. The van der Waals surface area contributed by atoms with Crippen LogP contribution in [0.15, 0.2) is 12.1 Å². The molecule has 0 unspecified atom stereocenters. The molecule has 2 nitrogen and oxygen atoms in total. The van der Waals surface area contributed by atoms with Gasteiger partial charge in [0.05, 0.1) is 5.69 Å². The van der Waals surface area contributed by atoms with Crippen molar-refractivity contribution in [1.29, 1.82) is 0 Å². The fraction of sp³-hybridized carbons (Fsp3) is 0.455. The lowest BCUT2D eigenvalue weighted by Gasteiger charge is -2.22.